The van der Waals surface area contributed by atoms with Crippen LogP contribution in [-0.4, -0.2) is 13.7 Å². The molecule has 4 heteroatoms. The molecule has 0 fully saturated rings. The fraction of sp³-hybridized carbons (Fsp3) is 0.538. The van der Waals surface area contributed by atoms with Crippen LogP contribution < -0.4 is 10.1 Å². The highest BCUT2D eigenvalue weighted by Crippen LogP contribution is 2.30. The van der Waals surface area contributed by atoms with Gasteiger partial charge in [0.25, 0.3) is 0 Å². The highest BCUT2D eigenvalue weighted by Gasteiger charge is 2.17. The van der Waals surface area contributed by atoms with Crippen molar-refractivity contribution in [3.05, 3.63) is 29.8 Å². The van der Waals surface area contributed by atoms with E-state index in [1.807, 2.05) is 19.2 Å². The molecule has 1 unspecified atom stereocenters. The summed E-state index contributed by atoms with van der Waals surface area (Å²) in [5.74, 6) is 0.731. The molecule has 1 aromatic carbocycles. The molecule has 0 bridgehead atoms. The van der Waals surface area contributed by atoms with E-state index in [4.69, 9.17) is 0 Å². The standard InChI is InChI=1S/C13H19F2NO/c1-9(2)8-11(16-3)10-6-4-5-7-12(10)17-13(14)15/h4-7,9,11,13,16H,8H2,1-3H3. The van der Waals surface area contributed by atoms with Gasteiger partial charge in [0.1, 0.15) is 5.75 Å². The Morgan fingerprint density at radius 2 is 1.88 bits per heavy atom. The van der Waals surface area contributed by atoms with E-state index in [-0.39, 0.29) is 11.8 Å². The fourth-order valence-corrected chi connectivity index (χ4v) is 1.84. The van der Waals surface area contributed by atoms with Crippen molar-refractivity contribution >= 4 is 0 Å². The molecule has 1 atom stereocenters. The first-order valence-electron chi connectivity index (χ1n) is 5.75. The third-order valence-electron chi connectivity index (χ3n) is 2.57. The fourth-order valence-electron chi connectivity index (χ4n) is 1.84. The summed E-state index contributed by atoms with van der Waals surface area (Å²) in [6.07, 6.45) is 0.875. The van der Waals surface area contributed by atoms with Crippen molar-refractivity contribution in [2.45, 2.75) is 32.9 Å². The lowest BCUT2D eigenvalue weighted by molar-refractivity contribution is -0.0507. The van der Waals surface area contributed by atoms with Gasteiger partial charge in [0, 0.05) is 11.6 Å². The van der Waals surface area contributed by atoms with Crippen LogP contribution in [-0.2, 0) is 0 Å². The van der Waals surface area contributed by atoms with Crippen molar-refractivity contribution in [3.8, 4) is 5.75 Å². The summed E-state index contributed by atoms with van der Waals surface area (Å²) in [5.41, 5.74) is 0.781. The number of rotatable bonds is 6. The molecule has 0 aliphatic carbocycles. The number of hydrogen-bond acceptors (Lipinski definition) is 2. The first-order valence-corrected chi connectivity index (χ1v) is 5.75. The van der Waals surface area contributed by atoms with E-state index in [9.17, 15) is 8.78 Å². The number of para-hydroxylation sites is 1. The molecule has 1 N–H and O–H groups in total. The van der Waals surface area contributed by atoms with Crippen LogP contribution in [0.4, 0.5) is 8.78 Å². The molecule has 1 rings (SSSR count). The second kappa shape index (κ2) is 6.55. The van der Waals surface area contributed by atoms with Gasteiger partial charge in [0.05, 0.1) is 0 Å². The summed E-state index contributed by atoms with van der Waals surface area (Å²) in [6, 6.07) is 6.96. The predicted octanol–water partition coefficient (Wildman–Crippen LogP) is 3.59. The topological polar surface area (TPSA) is 21.3 Å². The van der Waals surface area contributed by atoms with Crippen LogP contribution in [0, 0.1) is 5.92 Å². The van der Waals surface area contributed by atoms with Crippen LogP contribution in [0.1, 0.15) is 31.9 Å². The monoisotopic (exact) mass is 243 g/mol. The minimum Gasteiger partial charge on any atom is -0.434 e. The lowest BCUT2D eigenvalue weighted by Crippen LogP contribution is -2.19. The first-order chi connectivity index (χ1) is 8.04. The Balaban J connectivity index is 2.93. The number of halogens is 2. The van der Waals surface area contributed by atoms with Crippen molar-refractivity contribution in [1.82, 2.24) is 5.32 Å². The minimum absolute atomic E-state index is 0.0324. The van der Waals surface area contributed by atoms with Gasteiger partial charge in [-0.1, -0.05) is 32.0 Å². The maximum absolute atomic E-state index is 12.3. The Labute approximate surface area is 101 Å². The zero-order valence-corrected chi connectivity index (χ0v) is 10.4. The van der Waals surface area contributed by atoms with Crippen LogP contribution >= 0.6 is 0 Å². The molecule has 0 spiro atoms. The van der Waals surface area contributed by atoms with Gasteiger partial charge in [0.2, 0.25) is 0 Å². The Morgan fingerprint density at radius 3 is 2.41 bits per heavy atom. The lowest BCUT2D eigenvalue weighted by Gasteiger charge is -2.21. The summed E-state index contributed by atoms with van der Waals surface area (Å²) in [6.45, 7) is 1.41. The maximum atomic E-state index is 12.3. The number of hydrogen-bond donors (Lipinski definition) is 1. The van der Waals surface area contributed by atoms with Gasteiger partial charge in [-0.2, -0.15) is 8.78 Å². The first kappa shape index (κ1) is 13.9. The molecule has 96 valence electrons. The summed E-state index contributed by atoms with van der Waals surface area (Å²) < 4.78 is 29.1. The predicted molar refractivity (Wildman–Crippen MR) is 64.3 cm³/mol. The largest absolute Gasteiger partial charge is 0.434 e. The molecule has 0 aliphatic rings. The average molecular weight is 243 g/mol. The van der Waals surface area contributed by atoms with Gasteiger partial charge >= 0.3 is 6.61 Å². The number of nitrogens with one attached hydrogen (secondary N) is 1. The number of alkyl halides is 2. The highest BCUT2D eigenvalue weighted by molar-refractivity contribution is 5.36. The smallest absolute Gasteiger partial charge is 0.387 e. The van der Waals surface area contributed by atoms with E-state index in [1.54, 1.807) is 12.1 Å². The van der Waals surface area contributed by atoms with Crippen LogP contribution in [0.3, 0.4) is 0 Å². The molecule has 0 radical (unpaired) electrons. The molecule has 0 saturated carbocycles. The van der Waals surface area contributed by atoms with Gasteiger partial charge in [-0.05, 0) is 25.5 Å². The molecular formula is C13H19F2NO. The van der Waals surface area contributed by atoms with Crippen molar-refractivity contribution < 1.29 is 13.5 Å². The maximum Gasteiger partial charge on any atom is 0.387 e. The summed E-state index contributed by atoms with van der Waals surface area (Å²) in [7, 11) is 1.83. The summed E-state index contributed by atoms with van der Waals surface area (Å²) in [5, 5.41) is 3.14. The van der Waals surface area contributed by atoms with Crippen LogP contribution in [0.15, 0.2) is 24.3 Å². The van der Waals surface area contributed by atoms with Crippen molar-refractivity contribution in [3.63, 3.8) is 0 Å². The van der Waals surface area contributed by atoms with Crippen molar-refractivity contribution in [2.24, 2.45) is 5.92 Å². The van der Waals surface area contributed by atoms with E-state index < -0.39 is 6.61 Å². The van der Waals surface area contributed by atoms with E-state index in [2.05, 4.69) is 23.9 Å². The molecule has 17 heavy (non-hydrogen) atoms. The molecular weight excluding hydrogens is 224 g/mol. The van der Waals surface area contributed by atoms with Gasteiger partial charge in [-0.25, -0.2) is 0 Å². The van der Waals surface area contributed by atoms with Crippen molar-refractivity contribution in [1.29, 1.82) is 0 Å². The molecule has 2 nitrogen and oxygen atoms in total. The Bertz CT molecular complexity index is 342. The normalized spacial score (nSPS) is 13.1. The molecule has 0 aliphatic heterocycles. The Kier molecular flexibility index (Phi) is 5.35. The van der Waals surface area contributed by atoms with Gasteiger partial charge in [0.15, 0.2) is 0 Å². The number of ether oxygens (including phenoxy) is 1. The third kappa shape index (κ3) is 4.30. The third-order valence-corrected chi connectivity index (χ3v) is 2.57. The van der Waals surface area contributed by atoms with E-state index in [0.29, 0.717) is 5.92 Å². The Morgan fingerprint density at radius 1 is 1.24 bits per heavy atom. The average Bonchev–Trinajstić information content (AvgIpc) is 2.26. The lowest BCUT2D eigenvalue weighted by atomic mass is 9.96. The molecule has 1 aromatic rings. The second-order valence-corrected chi connectivity index (χ2v) is 4.39. The van der Waals surface area contributed by atoms with E-state index in [0.717, 1.165) is 12.0 Å². The van der Waals surface area contributed by atoms with Gasteiger partial charge in [-0.15, -0.1) is 0 Å². The zero-order valence-electron chi connectivity index (χ0n) is 10.4. The minimum atomic E-state index is -2.78. The Hall–Kier alpha value is -1.16. The van der Waals surface area contributed by atoms with E-state index in [1.165, 1.54) is 0 Å². The molecule has 0 saturated heterocycles. The quantitative estimate of drug-likeness (QED) is 0.824. The second-order valence-electron chi connectivity index (χ2n) is 4.39. The SMILES string of the molecule is CNC(CC(C)C)c1ccccc1OC(F)F. The van der Waals surface area contributed by atoms with E-state index >= 15 is 0 Å². The zero-order chi connectivity index (χ0) is 12.8. The van der Waals surface area contributed by atoms with Crippen LogP contribution in [0.25, 0.3) is 0 Å². The summed E-state index contributed by atoms with van der Waals surface area (Å²) >= 11 is 0. The van der Waals surface area contributed by atoms with Crippen molar-refractivity contribution in [2.75, 3.05) is 7.05 Å². The van der Waals surface area contributed by atoms with Crippen LogP contribution in [0.5, 0.6) is 5.75 Å². The highest BCUT2D eigenvalue weighted by atomic mass is 19.3. The van der Waals surface area contributed by atoms with Crippen LogP contribution in [0.2, 0.25) is 0 Å². The van der Waals surface area contributed by atoms with Gasteiger partial charge in [-0.3, -0.25) is 0 Å². The molecule has 0 aromatic heterocycles. The number of benzene rings is 1. The molecule has 0 amide bonds. The van der Waals surface area contributed by atoms with Gasteiger partial charge < -0.3 is 10.1 Å². The molecule has 0 heterocycles. The summed E-state index contributed by atoms with van der Waals surface area (Å²) in [4.78, 5) is 0.